The number of nitrogens with two attached hydrogens (primary N) is 1. The van der Waals surface area contributed by atoms with Crippen molar-refractivity contribution < 1.29 is 0 Å². The van der Waals surface area contributed by atoms with E-state index in [0.29, 0.717) is 12.1 Å². The Morgan fingerprint density at radius 1 is 1.04 bits per heavy atom. The van der Waals surface area contributed by atoms with Gasteiger partial charge in [0.1, 0.15) is 0 Å². The molecular weight excluding hydrogens is 310 g/mol. The average molecular weight is 344 g/mol. The lowest BCUT2D eigenvalue weighted by Gasteiger charge is -2.33. The van der Waals surface area contributed by atoms with Crippen molar-refractivity contribution in [3.8, 4) is 0 Å². The van der Waals surface area contributed by atoms with Crippen LogP contribution in [0.2, 0.25) is 0 Å². The molecule has 2 aliphatic carbocycles. The van der Waals surface area contributed by atoms with Gasteiger partial charge in [-0.1, -0.05) is 13.8 Å². The molecule has 5 heteroatoms. The topological polar surface area (TPSA) is 67.1 Å². The summed E-state index contributed by atoms with van der Waals surface area (Å²) in [4.78, 5) is 11.6. The van der Waals surface area contributed by atoms with Gasteiger partial charge in [-0.3, -0.25) is 0 Å². The molecule has 2 heterocycles. The quantitative estimate of drug-likeness (QED) is 0.878. The molecule has 0 radical (unpaired) electrons. The van der Waals surface area contributed by atoms with Crippen molar-refractivity contribution in [1.82, 2.24) is 9.97 Å². The molecule has 1 aliphatic heterocycles. The highest BCUT2D eigenvalue weighted by molar-refractivity contribution is 5.43. The number of piperidine rings is 1. The van der Waals surface area contributed by atoms with Gasteiger partial charge in [-0.25, -0.2) is 9.97 Å². The van der Waals surface area contributed by atoms with Crippen LogP contribution in [0.1, 0.15) is 52.4 Å². The second-order valence-corrected chi connectivity index (χ2v) is 8.90. The standard InChI is InChI=1S/C20H33N5/c1-13(2)14-3-5-25(6-4-14)20-22-11-19(12-23-20)24-18-9-15-7-17(21)8-16(15)10-18/h11-18,24H,3-10,21H2,1-2H3. The Kier molecular flexibility index (Phi) is 4.85. The second-order valence-electron chi connectivity index (χ2n) is 8.90. The van der Waals surface area contributed by atoms with Gasteiger partial charge in [-0.15, -0.1) is 0 Å². The van der Waals surface area contributed by atoms with E-state index in [0.717, 1.165) is 48.4 Å². The largest absolute Gasteiger partial charge is 0.380 e. The summed E-state index contributed by atoms with van der Waals surface area (Å²) in [5.74, 6) is 4.19. The van der Waals surface area contributed by atoms with Crippen molar-refractivity contribution in [2.45, 2.75) is 64.5 Å². The summed E-state index contributed by atoms with van der Waals surface area (Å²) in [6, 6.07) is 1.01. The zero-order valence-electron chi connectivity index (χ0n) is 15.7. The highest BCUT2D eigenvalue weighted by atomic mass is 15.3. The van der Waals surface area contributed by atoms with Crippen molar-refractivity contribution >= 4 is 11.6 Å². The van der Waals surface area contributed by atoms with Crippen LogP contribution in [-0.2, 0) is 0 Å². The molecule has 4 rings (SSSR count). The predicted molar refractivity (Wildman–Crippen MR) is 103 cm³/mol. The first-order chi connectivity index (χ1) is 12.1. The molecule has 0 aromatic carbocycles. The molecule has 5 nitrogen and oxygen atoms in total. The lowest BCUT2D eigenvalue weighted by molar-refractivity contribution is 0.310. The summed E-state index contributed by atoms with van der Waals surface area (Å²) in [6.07, 6.45) is 11.4. The molecule has 138 valence electrons. The number of fused-ring (bicyclic) bond motifs is 1. The third kappa shape index (κ3) is 3.76. The molecule has 3 aliphatic rings. The average Bonchev–Trinajstić information content (AvgIpc) is 3.12. The summed E-state index contributed by atoms with van der Waals surface area (Å²) in [5, 5.41) is 3.65. The highest BCUT2D eigenvalue weighted by Gasteiger charge is 2.40. The van der Waals surface area contributed by atoms with Gasteiger partial charge in [-0.2, -0.15) is 0 Å². The Hall–Kier alpha value is -1.36. The molecule has 0 spiro atoms. The van der Waals surface area contributed by atoms with Crippen LogP contribution in [0.3, 0.4) is 0 Å². The van der Waals surface area contributed by atoms with Gasteiger partial charge in [-0.05, 0) is 62.2 Å². The molecule has 2 unspecified atom stereocenters. The number of nitrogens with one attached hydrogen (secondary N) is 1. The van der Waals surface area contributed by atoms with Crippen molar-refractivity contribution in [3.05, 3.63) is 12.4 Å². The summed E-state index contributed by atoms with van der Waals surface area (Å²) < 4.78 is 0. The Balaban J connectivity index is 1.29. The van der Waals surface area contributed by atoms with Crippen LogP contribution in [0.15, 0.2) is 12.4 Å². The Morgan fingerprint density at radius 3 is 2.20 bits per heavy atom. The lowest BCUT2D eigenvalue weighted by Crippen LogP contribution is -2.36. The van der Waals surface area contributed by atoms with Crippen molar-refractivity contribution in [1.29, 1.82) is 0 Å². The molecule has 1 saturated heterocycles. The van der Waals surface area contributed by atoms with Gasteiger partial charge in [0.25, 0.3) is 0 Å². The molecule has 3 N–H and O–H groups in total. The molecule has 0 amide bonds. The lowest BCUT2D eigenvalue weighted by atomic mass is 9.87. The molecule has 2 atom stereocenters. The highest BCUT2D eigenvalue weighted by Crippen LogP contribution is 2.44. The first kappa shape index (κ1) is 17.1. The maximum Gasteiger partial charge on any atom is 0.225 e. The Labute approximate surface area is 151 Å². The fourth-order valence-electron chi connectivity index (χ4n) is 5.34. The zero-order chi connectivity index (χ0) is 17.4. The predicted octanol–water partition coefficient (Wildman–Crippen LogP) is 3.28. The van der Waals surface area contributed by atoms with Crippen LogP contribution in [0, 0.1) is 23.7 Å². The van der Waals surface area contributed by atoms with Gasteiger partial charge in [0.05, 0.1) is 18.1 Å². The van der Waals surface area contributed by atoms with Gasteiger partial charge < -0.3 is 16.0 Å². The maximum absolute atomic E-state index is 6.09. The van der Waals surface area contributed by atoms with Crippen molar-refractivity contribution in [2.24, 2.45) is 29.4 Å². The van der Waals surface area contributed by atoms with E-state index in [2.05, 4.69) is 34.0 Å². The number of nitrogens with zero attached hydrogens (tertiary/aromatic N) is 3. The second kappa shape index (κ2) is 7.10. The molecule has 25 heavy (non-hydrogen) atoms. The smallest absolute Gasteiger partial charge is 0.225 e. The van der Waals surface area contributed by atoms with Crippen LogP contribution < -0.4 is 16.0 Å². The third-order valence-electron chi connectivity index (χ3n) is 6.83. The summed E-state index contributed by atoms with van der Waals surface area (Å²) in [7, 11) is 0. The zero-order valence-corrected chi connectivity index (χ0v) is 15.7. The Morgan fingerprint density at radius 2 is 1.64 bits per heavy atom. The molecule has 1 aromatic heterocycles. The maximum atomic E-state index is 6.09. The van der Waals surface area contributed by atoms with Gasteiger partial charge in [0.15, 0.2) is 0 Å². The van der Waals surface area contributed by atoms with E-state index in [9.17, 15) is 0 Å². The normalized spacial score (nSPS) is 33.0. The minimum Gasteiger partial charge on any atom is -0.380 e. The van der Waals surface area contributed by atoms with E-state index in [1.165, 1.54) is 38.5 Å². The monoisotopic (exact) mass is 343 g/mol. The van der Waals surface area contributed by atoms with E-state index in [1.807, 2.05) is 12.4 Å². The number of aromatic nitrogens is 2. The van der Waals surface area contributed by atoms with Gasteiger partial charge in [0, 0.05) is 25.2 Å². The van der Waals surface area contributed by atoms with E-state index < -0.39 is 0 Å². The first-order valence-electron chi connectivity index (χ1n) is 10.2. The van der Waals surface area contributed by atoms with Crippen LogP contribution in [0.4, 0.5) is 11.6 Å². The Bertz CT molecular complexity index is 550. The summed E-state index contributed by atoms with van der Waals surface area (Å²) >= 11 is 0. The summed E-state index contributed by atoms with van der Waals surface area (Å²) in [5.41, 5.74) is 7.16. The molecule has 3 fully saturated rings. The van der Waals surface area contributed by atoms with Crippen molar-refractivity contribution in [2.75, 3.05) is 23.3 Å². The van der Waals surface area contributed by atoms with Gasteiger partial charge >= 0.3 is 0 Å². The number of hydrogen-bond acceptors (Lipinski definition) is 5. The molecule has 2 saturated carbocycles. The van der Waals surface area contributed by atoms with Crippen LogP contribution in [-0.4, -0.2) is 35.1 Å². The van der Waals surface area contributed by atoms with E-state index in [1.54, 1.807) is 0 Å². The fraction of sp³-hybridized carbons (Fsp3) is 0.800. The van der Waals surface area contributed by atoms with Crippen molar-refractivity contribution in [3.63, 3.8) is 0 Å². The summed E-state index contributed by atoms with van der Waals surface area (Å²) in [6.45, 7) is 6.84. The number of hydrogen-bond donors (Lipinski definition) is 2. The van der Waals surface area contributed by atoms with Crippen LogP contribution in [0.5, 0.6) is 0 Å². The van der Waals surface area contributed by atoms with Crippen LogP contribution in [0.25, 0.3) is 0 Å². The molecule has 0 bridgehead atoms. The number of anilines is 2. The van der Waals surface area contributed by atoms with E-state index in [4.69, 9.17) is 5.73 Å². The van der Waals surface area contributed by atoms with E-state index in [-0.39, 0.29) is 0 Å². The van der Waals surface area contributed by atoms with Crippen LogP contribution >= 0.6 is 0 Å². The fourth-order valence-corrected chi connectivity index (χ4v) is 5.34. The molecular formula is C20H33N5. The van der Waals surface area contributed by atoms with Gasteiger partial charge in [0.2, 0.25) is 5.95 Å². The molecule has 1 aromatic rings. The number of rotatable bonds is 4. The SMILES string of the molecule is CC(C)C1CCN(c2ncc(NC3CC4CC(N)CC4C3)cn2)CC1. The first-order valence-corrected chi connectivity index (χ1v) is 10.2. The third-order valence-corrected chi connectivity index (χ3v) is 6.83. The minimum absolute atomic E-state index is 0.443. The van der Waals surface area contributed by atoms with E-state index >= 15 is 0 Å². The minimum atomic E-state index is 0.443.